The van der Waals surface area contributed by atoms with Crippen molar-refractivity contribution in [1.82, 2.24) is 15.3 Å². The molecule has 0 unspecified atom stereocenters. The van der Waals surface area contributed by atoms with E-state index in [1.165, 1.54) is 0 Å². The highest BCUT2D eigenvalue weighted by Crippen LogP contribution is 2.17. The number of amides is 1. The molecule has 0 saturated carbocycles. The van der Waals surface area contributed by atoms with Gasteiger partial charge in [-0.25, -0.2) is 4.98 Å². The van der Waals surface area contributed by atoms with E-state index < -0.39 is 0 Å². The molecule has 2 N–H and O–H groups in total. The van der Waals surface area contributed by atoms with Crippen LogP contribution in [0.25, 0.3) is 11.0 Å². The van der Waals surface area contributed by atoms with Gasteiger partial charge in [0.2, 0.25) is 0 Å². The standard InChI is InChI=1S/C13H17N3O/c1-8-14-10-7-5-6-9(11(10)15-8)12(17)16-13(2,3)4/h5-7H,1-4H3,(H,14,15)(H,16,17). The van der Waals surface area contributed by atoms with E-state index in [9.17, 15) is 4.79 Å². The van der Waals surface area contributed by atoms with Crippen LogP contribution in [0, 0.1) is 6.92 Å². The zero-order chi connectivity index (χ0) is 12.6. The molecule has 0 radical (unpaired) electrons. The second-order valence-electron chi connectivity index (χ2n) is 5.23. The minimum absolute atomic E-state index is 0.0883. The fourth-order valence-corrected chi connectivity index (χ4v) is 1.75. The number of aromatic amines is 1. The van der Waals surface area contributed by atoms with E-state index in [-0.39, 0.29) is 11.4 Å². The van der Waals surface area contributed by atoms with Gasteiger partial charge in [0, 0.05) is 5.54 Å². The van der Waals surface area contributed by atoms with E-state index >= 15 is 0 Å². The summed E-state index contributed by atoms with van der Waals surface area (Å²) < 4.78 is 0. The third-order valence-corrected chi connectivity index (χ3v) is 2.36. The third kappa shape index (κ3) is 2.46. The Labute approximate surface area is 100 Å². The summed E-state index contributed by atoms with van der Waals surface area (Å²) in [5, 5.41) is 2.94. The van der Waals surface area contributed by atoms with Crippen LogP contribution < -0.4 is 5.32 Å². The lowest BCUT2D eigenvalue weighted by Crippen LogP contribution is -2.40. The molecule has 0 spiro atoms. The minimum atomic E-state index is -0.245. The largest absolute Gasteiger partial charge is 0.347 e. The number of aromatic nitrogens is 2. The van der Waals surface area contributed by atoms with Crippen LogP contribution in [-0.2, 0) is 0 Å². The minimum Gasteiger partial charge on any atom is -0.347 e. The van der Waals surface area contributed by atoms with Gasteiger partial charge in [0.1, 0.15) is 11.3 Å². The maximum Gasteiger partial charge on any atom is 0.253 e. The van der Waals surface area contributed by atoms with Gasteiger partial charge < -0.3 is 10.3 Å². The number of fused-ring (bicyclic) bond motifs is 1. The van der Waals surface area contributed by atoms with Gasteiger partial charge in [-0.2, -0.15) is 0 Å². The summed E-state index contributed by atoms with van der Waals surface area (Å²) in [6, 6.07) is 5.57. The van der Waals surface area contributed by atoms with Gasteiger partial charge in [-0.15, -0.1) is 0 Å². The first-order valence-corrected chi connectivity index (χ1v) is 5.65. The summed E-state index contributed by atoms with van der Waals surface area (Å²) in [7, 11) is 0. The number of carbonyl (C=O) groups is 1. The molecular formula is C13H17N3O. The molecule has 0 saturated heterocycles. The van der Waals surface area contributed by atoms with Crippen molar-refractivity contribution in [2.24, 2.45) is 0 Å². The van der Waals surface area contributed by atoms with Gasteiger partial charge in [0.05, 0.1) is 11.1 Å². The summed E-state index contributed by atoms with van der Waals surface area (Å²) in [5.41, 5.74) is 1.99. The number of hydrogen-bond acceptors (Lipinski definition) is 2. The molecule has 1 amide bonds. The quantitative estimate of drug-likeness (QED) is 0.791. The molecule has 0 fully saturated rings. The second-order valence-corrected chi connectivity index (χ2v) is 5.23. The van der Waals surface area contributed by atoms with Gasteiger partial charge in [-0.05, 0) is 39.8 Å². The van der Waals surface area contributed by atoms with Crippen LogP contribution in [0.15, 0.2) is 18.2 Å². The van der Waals surface area contributed by atoms with Crippen molar-refractivity contribution >= 4 is 16.9 Å². The molecule has 1 heterocycles. The van der Waals surface area contributed by atoms with E-state index in [1.807, 2.05) is 39.8 Å². The van der Waals surface area contributed by atoms with Crippen LogP contribution in [0.2, 0.25) is 0 Å². The van der Waals surface area contributed by atoms with Crippen molar-refractivity contribution in [3.05, 3.63) is 29.6 Å². The Kier molecular flexibility index (Phi) is 2.65. The Balaban J connectivity index is 2.45. The number of rotatable bonds is 1. The Morgan fingerprint density at radius 1 is 1.35 bits per heavy atom. The molecule has 0 aliphatic heterocycles. The lowest BCUT2D eigenvalue weighted by atomic mass is 10.1. The predicted octanol–water partition coefficient (Wildman–Crippen LogP) is 2.40. The molecule has 2 rings (SSSR count). The highest BCUT2D eigenvalue weighted by atomic mass is 16.1. The number of aryl methyl sites for hydroxylation is 1. The smallest absolute Gasteiger partial charge is 0.253 e. The number of hydrogen-bond donors (Lipinski definition) is 2. The molecule has 90 valence electrons. The molecular weight excluding hydrogens is 214 g/mol. The molecule has 0 aliphatic carbocycles. The van der Waals surface area contributed by atoms with E-state index in [4.69, 9.17) is 0 Å². The Morgan fingerprint density at radius 2 is 2.06 bits per heavy atom. The van der Waals surface area contributed by atoms with Crippen LogP contribution in [0.1, 0.15) is 37.0 Å². The lowest BCUT2D eigenvalue weighted by molar-refractivity contribution is 0.0921. The fourth-order valence-electron chi connectivity index (χ4n) is 1.75. The van der Waals surface area contributed by atoms with Crippen molar-refractivity contribution in [3.63, 3.8) is 0 Å². The number of benzene rings is 1. The number of para-hydroxylation sites is 1. The predicted molar refractivity (Wildman–Crippen MR) is 68.0 cm³/mol. The summed E-state index contributed by atoms with van der Waals surface area (Å²) in [6.07, 6.45) is 0. The molecule has 0 aliphatic rings. The zero-order valence-electron chi connectivity index (χ0n) is 10.6. The highest BCUT2D eigenvalue weighted by Gasteiger charge is 2.18. The summed E-state index contributed by atoms with van der Waals surface area (Å²) in [4.78, 5) is 19.6. The molecule has 4 heteroatoms. The fraction of sp³-hybridized carbons (Fsp3) is 0.385. The molecule has 17 heavy (non-hydrogen) atoms. The van der Waals surface area contributed by atoms with Crippen molar-refractivity contribution in [2.45, 2.75) is 33.2 Å². The lowest BCUT2D eigenvalue weighted by Gasteiger charge is -2.20. The van der Waals surface area contributed by atoms with Gasteiger partial charge in [0.25, 0.3) is 5.91 Å². The maximum atomic E-state index is 12.1. The van der Waals surface area contributed by atoms with Crippen LogP contribution in [0.4, 0.5) is 0 Å². The molecule has 0 bridgehead atoms. The summed E-state index contributed by atoms with van der Waals surface area (Å²) in [5.74, 6) is 0.727. The van der Waals surface area contributed by atoms with E-state index in [2.05, 4.69) is 15.3 Å². The van der Waals surface area contributed by atoms with Crippen molar-refractivity contribution in [2.75, 3.05) is 0 Å². The summed E-state index contributed by atoms with van der Waals surface area (Å²) >= 11 is 0. The van der Waals surface area contributed by atoms with E-state index in [1.54, 1.807) is 6.07 Å². The first kappa shape index (κ1) is 11.6. The first-order chi connectivity index (χ1) is 7.87. The number of imidazole rings is 1. The van der Waals surface area contributed by atoms with Crippen LogP contribution in [-0.4, -0.2) is 21.4 Å². The molecule has 1 aromatic carbocycles. The average molecular weight is 231 g/mol. The molecule has 0 atom stereocenters. The van der Waals surface area contributed by atoms with Crippen molar-refractivity contribution in [3.8, 4) is 0 Å². The van der Waals surface area contributed by atoms with Gasteiger partial charge in [-0.3, -0.25) is 4.79 Å². The number of nitrogens with zero attached hydrogens (tertiary/aromatic N) is 1. The average Bonchev–Trinajstić information content (AvgIpc) is 2.54. The Bertz CT molecular complexity index is 564. The third-order valence-electron chi connectivity index (χ3n) is 2.36. The van der Waals surface area contributed by atoms with Crippen LogP contribution >= 0.6 is 0 Å². The van der Waals surface area contributed by atoms with Crippen molar-refractivity contribution < 1.29 is 4.79 Å². The number of H-pyrrole nitrogens is 1. The highest BCUT2D eigenvalue weighted by molar-refractivity contribution is 6.05. The molecule has 2 aromatic rings. The topological polar surface area (TPSA) is 57.8 Å². The van der Waals surface area contributed by atoms with Gasteiger partial charge in [0.15, 0.2) is 0 Å². The van der Waals surface area contributed by atoms with Gasteiger partial charge in [-0.1, -0.05) is 6.07 Å². The van der Waals surface area contributed by atoms with Crippen molar-refractivity contribution in [1.29, 1.82) is 0 Å². The van der Waals surface area contributed by atoms with Crippen LogP contribution in [0.3, 0.4) is 0 Å². The summed E-state index contributed by atoms with van der Waals surface area (Å²) in [6.45, 7) is 7.76. The Morgan fingerprint density at radius 3 is 2.71 bits per heavy atom. The normalized spacial score (nSPS) is 11.8. The van der Waals surface area contributed by atoms with Gasteiger partial charge >= 0.3 is 0 Å². The second kappa shape index (κ2) is 3.87. The molecule has 4 nitrogen and oxygen atoms in total. The van der Waals surface area contributed by atoms with E-state index in [0.717, 1.165) is 16.9 Å². The number of carbonyl (C=O) groups excluding carboxylic acids is 1. The first-order valence-electron chi connectivity index (χ1n) is 5.65. The monoisotopic (exact) mass is 231 g/mol. The zero-order valence-corrected chi connectivity index (χ0v) is 10.6. The SMILES string of the molecule is Cc1nc2c(C(=O)NC(C)(C)C)cccc2[nH]1. The van der Waals surface area contributed by atoms with Crippen LogP contribution in [0.5, 0.6) is 0 Å². The van der Waals surface area contributed by atoms with E-state index in [0.29, 0.717) is 5.56 Å². The molecule has 1 aromatic heterocycles. The maximum absolute atomic E-state index is 12.1. The number of nitrogens with one attached hydrogen (secondary N) is 2. The Hall–Kier alpha value is -1.84.